The monoisotopic (exact) mass is 231 g/mol. The van der Waals surface area contributed by atoms with Crippen molar-refractivity contribution < 1.29 is 14.4 Å². The summed E-state index contributed by atoms with van der Waals surface area (Å²) in [4.78, 5) is 10.1. The van der Waals surface area contributed by atoms with E-state index in [2.05, 4.69) is 0 Å². The van der Waals surface area contributed by atoms with Crippen molar-refractivity contribution in [3.63, 3.8) is 0 Å². The minimum Gasteiger partial charge on any atom is -0.484 e. The lowest BCUT2D eigenvalue weighted by atomic mass is 10.3. The second kappa shape index (κ2) is 5.53. The van der Waals surface area contributed by atoms with Crippen LogP contribution >= 0.6 is 11.6 Å². The van der Waals surface area contributed by atoms with Gasteiger partial charge in [0.1, 0.15) is 6.61 Å². The van der Waals surface area contributed by atoms with Crippen molar-refractivity contribution in [1.82, 2.24) is 0 Å². The standard InChI is InChI=1S/C9H10ClNO4/c1-14-4-5-15-9-6-7(10)2-3-8(9)11(12)13/h2-3,6H,4-5H2,1H3. The van der Waals surface area contributed by atoms with E-state index in [0.717, 1.165) is 0 Å². The molecule has 0 aliphatic carbocycles. The van der Waals surface area contributed by atoms with Crippen molar-refractivity contribution in [3.05, 3.63) is 33.3 Å². The number of benzene rings is 1. The van der Waals surface area contributed by atoms with E-state index in [-0.39, 0.29) is 18.0 Å². The van der Waals surface area contributed by atoms with Crippen LogP contribution in [0.4, 0.5) is 5.69 Å². The molecule has 5 nitrogen and oxygen atoms in total. The average Bonchev–Trinajstić information content (AvgIpc) is 2.18. The Morgan fingerprint density at radius 2 is 2.20 bits per heavy atom. The molecule has 0 bridgehead atoms. The summed E-state index contributed by atoms with van der Waals surface area (Å²) in [5, 5.41) is 11.0. The first-order valence-corrected chi connectivity index (χ1v) is 4.58. The van der Waals surface area contributed by atoms with Crippen LogP contribution in [0.15, 0.2) is 18.2 Å². The van der Waals surface area contributed by atoms with Crippen molar-refractivity contribution >= 4 is 17.3 Å². The van der Waals surface area contributed by atoms with Crippen LogP contribution < -0.4 is 4.74 Å². The minimum atomic E-state index is -0.515. The maximum atomic E-state index is 10.6. The van der Waals surface area contributed by atoms with Gasteiger partial charge >= 0.3 is 5.69 Å². The Morgan fingerprint density at radius 1 is 1.47 bits per heavy atom. The summed E-state index contributed by atoms with van der Waals surface area (Å²) < 4.78 is 9.93. The van der Waals surface area contributed by atoms with Gasteiger partial charge in [0.15, 0.2) is 5.75 Å². The Morgan fingerprint density at radius 3 is 2.80 bits per heavy atom. The van der Waals surface area contributed by atoms with Crippen molar-refractivity contribution in [2.24, 2.45) is 0 Å². The number of hydrogen-bond acceptors (Lipinski definition) is 4. The number of ether oxygens (including phenoxy) is 2. The van der Waals surface area contributed by atoms with E-state index in [9.17, 15) is 10.1 Å². The average molecular weight is 232 g/mol. The van der Waals surface area contributed by atoms with Gasteiger partial charge in [0, 0.05) is 24.3 Å². The van der Waals surface area contributed by atoms with E-state index in [1.54, 1.807) is 0 Å². The number of hydrogen-bond donors (Lipinski definition) is 0. The number of nitro benzene ring substituents is 1. The van der Waals surface area contributed by atoms with Crippen LogP contribution in [0.1, 0.15) is 0 Å². The number of halogens is 1. The van der Waals surface area contributed by atoms with Gasteiger partial charge in [-0.05, 0) is 6.07 Å². The SMILES string of the molecule is COCCOc1cc(Cl)ccc1[N+](=O)[O-]. The summed E-state index contributed by atoms with van der Waals surface area (Å²) in [7, 11) is 1.52. The lowest BCUT2D eigenvalue weighted by molar-refractivity contribution is -0.385. The zero-order valence-corrected chi connectivity index (χ0v) is 8.86. The third-order valence-electron chi connectivity index (χ3n) is 1.66. The molecule has 0 saturated carbocycles. The van der Waals surface area contributed by atoms with E-state index in [1.807, 2.05) is 0 Å². The maximum absolute atomic E-state index is 10.6. The molecule has 0 aromatic heterocycles. The largest absolute Gasteiger partial charge is 0.484 e. The van der Waals surface area contributed by atoms with Crippen LogP contribution in [0, 0.1) is 10.1 Å². The van der Waals surface area contributed by atoms with Crippen LogP contribution in [0.2, 0.25) is 5.02 Å². The maximum Gasteiger partial charge on any atom is 0.311 e. The third-order valence-corrected chi connectivity index (χ3v) is 1.90. The van der Waals surface area contributed by atoms with Gasteiger partial charge < -0.3 is 9.47 Å². The molecule has 0 aliphatic rings. The fourth-order valence-electron chi connectivity index (χ4n) is 0.989. The number of nitrogens with zero attached hydrogens (tertiary/aromatic N) is 1. The lowest BCUT2D eigenvalue weighted by Crippen LogP contribution is -2.05. The molecule has 1 rings (SSSR count). The van der Waals surface area contributed by atoms with Gasteiger partial charge in [-0.15, -0.1) is 0 Å². The zero-order valence-electron chi connectivity index (χ0n) is 8.10. The molecule has 82 valence electrons. The van der Waals surface area contributed by atoms with Gasteiger partial charge in [-0.1, -0.05) is 11.6 Å². The first-order valence-electron chi connectivity index (χ1n) is 4.21. The molecule has 0 saturated heterocycles. The number of rotatable bonds is 5. The fraction of sp³-hybridized carbons (Fsp3) is 0.333. The van der Waals surface area contributed by atoms with Crippen molar-refractivity contribution in [2.45, 2.75) is 0 Å². The molecule has 1 aromatic rings. The number of methoxy groups -OCH3 is 1. The van der Waals surface area contributed by atoms with E-state index >= 15 is 0 Å². The highest BCUT2D eigenvalue weighted by molar-refractivity contribution is 6.30. The van der Waals surface area contributed by atoms with Gasteiger partial charge in [0.05, 0.1) is 11.5 Å². The van der Waals surface area contributed by atoms with Gasteiger partial charge in [0.2, 0.25) is 0 Å². The molecule has 0 N–H and O–H groups in total. The Balaban J connectivity index is 2.82. The summed E-state index contributed by atoms with van der Waals surface area (Å²) in [6.45, 7) is 0.612. The zero-order chi connectivity index (χ0) is 11.3. The summed E-state index contributed by atoms with van der Waals surface area (Å²) >= 11 is 5.70. The molecule has 0 atom stereocenters. The quantitative estimate of drug-likeness (QED) is 0.443. The first kappa shape index (κ1) is 11.7. The Kier molecular flexibility index (Phi) is 4.33. The molecule has 0 heterocycles. The Labute approximate surface area is 91.7 Å². The molecule has 15 heavy (non-hydrogen) atoms. The topological polar surface area (TPSA) is 61.6 Å². The smallest absolute Gasteiger partial charge is 0.311 e. The molecule has 0 unspecified atom stereocenters. The second-order valence-corrected chi connectivity index (χ2v) is 3.15. The van der Waals surface area contributed by atoms with Gasteiger partial charge in [-0.25, -0.2) is 0 Å². The summed E-state index contributed by atoms with van der Waals surface area (Å²) in [5.74, 6) is 0.157. The van der Waals surface area contributed by atoms with E-state index in [1.165, 1.54) is 25.3 Å². The van der Waals surface area contributed by atoms with Gasteiger partial charge in [-0.2, -0.15) is 0 Å². The van der Waals surface area contributed by atoms with Crippen molar-refractivity contribution in [2.75, 3.05) is 20.3 Å². The van der Waals surface area contributed by atoms with Crippen LogP contribution in [0.25, 0.3) is 0 Å². The van der Waals surface area contributed by atoms with Crippen LogP contribution in [-0.2, 0) is 4.74 Å². The molecule has 0 amide bonds. The first-order chi connectivity index (χ1) is 7.15. The highest BCUT2D eigenvalue weighted by atomic mass is 35.5. The normalized spacial score (nSPS) is 10.0. The summed E-state index contributed by atoms with van der Waals surface area (Å²) in [6, 6.07) is 4.17. The highest BCUT2D eigenvalue weighted by Gasteiger charge is 2.14. The van der Waals surface area contributed by atoms with Crippen LogP contribution in [0.5, 0.6) is 5.75 Å². The molecular formula is C9H10ClNO4. The van der Waals surface area contributed by atoms with Gasteiger partial charge in [-0.3, -0.25) is 10.1 Å². The second-order valence-electron chi connectivity index (χ2n) is 2.71. The molecule has 0 fully saturated rings. The predicted octanol–water partition coefficient (Wildman–Crippen LogP) is 2.27. The third kappa shape index (κ3) is 3.38. The summed E-state index contributed by atoms with van der Waals surface area (Å²) in [6.07, 6.45) is 0. The van der Waals surface area contributed by atoms with Gasteiger partial charge in [0.25, 0.3) is 0 Å². The van der Waals surface area contributed by atoms with Crippen LogP contribution in [-0.4, -0.2) is 25.2 Å². The molecule has 6 heteroatoms. The minimum absolute atomic E-state index is 0.101. The Hall–Kier alpha value is -1.33. The van der Waals surface area contributed by atoms with E-state index < -0.39 is 4.92 Å². The summed E-state index contributed by atoms with van der Waals surface area (Å²) in [5.41, 5.74) is -0.101. The predicted molar refractivity (Wildman–Crippen MR) is 55.5 cm³/mol. The number of nitro groups is 1. The van der Waals surface area contributed by atoms with E-state index in [4.69, 9.17) is 21.1 Å². The van der Waals surface area contributed by atoms with Crippen LogP contribution in [0.3, 0.4) is 0 Å². The van der Waals surface area contributed by atoms with E-state index in [0.29, 0.717) is 11.6 Å². The molecule has 0 aliphatic heterocycles. The molecular weight excluding hydrogens is 222 g/mol. The molecule has 0 radical (unpaired) electrons. The molecule has 0 spiro atoms. The highest BCUT2D eigenvalue weighted by Crippen LogP contribution is 2.29. The Bertz CT molecular complexity index is 356. The fourth-order valence-corrected chi connectivity index (χ4v) is 1.15. The van der Waals surface area contributed by atoms with Crippen molar-refractivity contribution in [3.8, 4) is 5.75 Å². The molecule has 1 aromatic carbocycles. The van der Waals surface area contributed by atoms with Crippen molar-refractivity contribution in [1.29, 1.82) is 0 Å². The lowest BCUT2D eigenvalue weighted by Gasteiger charge is -2.05.